The molecule has 1 amide bonds. The monoisotopic (exact) mass is 480 g/mol. The molecule has 0 bridgehead atoms. The second kappa shape index (κ2) is 13.6. The van der Waals surface area contributed by atoms with Gasteiger partial charge < -0.3 is 20.3 Å². The van der Waals surface area contributed by atoms with E-state index in [4.69, 9.17) is 4.74 Å². The molecule has 2 fully saturated rings. The molecule has 6 nitrogen and oxygen atoms in total. The molecule has 1 saturated carbocycles. The number of guanidine groups is 1. The van der Waals surface area contributed by atoms with Crippen LogP contribution in [0.4, 0.5) is 0 Å². The Morgan fingerprint density at radius 2 is 1.85 bits per heavy atom. The molecule has 0 aromatic rings. The maximum atomic E-state index is 11.8. The molecule has 0 radical (unpaired) electrons. The fourth-order valence-electron chi connectivity index (χ4n) is 3.54. The first kappa shape index (κ1) is 23.5. The van der Waals surface area contributed by atoms with E-state index < -0.39 is 0 Å². The van der Waals surface area contributed by atoms with E-state index >= 15 is 0 Å². The molecule has 0 aromatic heterocycles. The van der Waals surface area contributed by atoms with Gasteiger partial charge in [0.25, 0.3) is 0 Å². The Kier molecular flexibility index (Phi) is 12.3. The number of amides is 1. The Morgan fingerprint density at radius 1 is 1.12 bits per heavy atom. The lowest BCUT2D eigenvalue weighted by Gasteiger charge is -2.24. The van der Waals surface area contributed by atoms with Crippen LogP contribution in [0, 0.1) is 5.92 Å². The minimum absolute atomic E-state index is 0. The van der Waals surface area contributed by atoms with Crippen LogP contribution < -0.4 is 10.6 Å². The summed E-state index contributed by atoms with van der Waals surface area (Å²) in [6, 6.07) is 0. The van der Waals surface area contributed by atoms with Crippen LogP contribution in [0.5, 0.6) is 0 Å². The van der Waals surface area contributed by atoms with Crippen molar-refractivity contribution in [2.45, 2.75) is 63.9 Å². The van der Waals surface area contributed by atoms with Crippen molar-refractivity contribution in [1.29, 1.82) is 0 Å². The molecule has 2 rings (SSSR count). The number of aliphatic imine (C=N–C) groups is 1. The number of hydrogen-bond acceptors (Lipinski definition) is 3. The van der Waals surface area contributed by atoms with E-state index in [2.05, 4.69) is 15.6 Å². The van der Waals surface area contributed by atoms with Crippen LogP contribution in [-0.4, -0.2) is 63.2 Å². The molecule has 1 saturated heterocycles. The van der Waals surface area contributed by atoms with Gasteiger partial charge in [-0.25, -0.2) is 4.99 Å². The van der Waals surface area contributed by atoms with E-state index in [0.29, 0.717) is 0 Å². The molecule has 0 spiro atoms. The molecule has 1 heterocycles. The Labute approximate surface area is 175 Å². The lowest BCUT2D eigenvalue weighted by atomic mass is 10.0. The molecule has 1 aliphatic carbocycles. The summed E-state index contributed by atoms with van der Waals surface area (Å²) < 4.78 is 5.76. The van der Waals surface area contributed by atoms with Crippen LogP contribution in [0.25, 0.3) is 0 Å². The average molecular weight is 480 g/mol. The zero-order chi connectivity index (χ0) is 17.9. The van der Waals surface area contributed by atoms with Crippen molar-refractivity contribution < 1.29 is 9.53 Å². The fourth-order valence-corrected chi connectivity index (χ4v) is 3.54. The number of hydrogen-bond donors (Lipinski definition) is 2. The second-order valence-electron chi connectivity index (χ2n) is 7.54. The van der Waals surface area contributed by atoms with E-state index in [9.17, 15) is 4.79 Å². The molecule has 26 heavy (non-hydrogen) atoms. The lowest BCUT2D eigenvalue weighted by Crippen LogP contribution is -2.43. The predicted molar refractivity (Wildman–Crippen MR) is 117 cm³/mol. The van der Waals surface area contributed by atoms with Gasteiger partial charge in [-0.15, -0.1) is 24.0 Å². The van der Waals surface area contributed by atoms with Gasteiger partial charge in [0.1, 0.15) is 6.54 Å². The van der Waals surface area contributed by atoms with Crippen LogP contribution >= 0.6 is 24.0 Å². The summed E-state index contributed by atoms with van der Waals surface area (Å²) in [5.41, 5.74) is 0. The van der Waals surface area contributed by atoms with Gasteiger partial charge in [0, 0.05) is 33.8 Å². The highest BCUT2D eigenvalue weighted by molar-refractivity contribution is 14.0. The molecule has 1 atom stereocenters. The molecular formula is C19H37IN4O2. The molecule has 7 heteroatoms. The number of halogens is 1. The number of carbonyl (C=O) groups excluding carboxylic acids is 1. The molecule has 0 aromatic carbocycles. The lowest BCUT2D eigenvalue weighted by molar-refractivity contribution is -0.127. The van der Waals surface area contributed by atoms with Crippen molar-refractivity contribution in [3.8, 4) is 0 Å². The first-order valence-electron chi connectivity index (χ1n) is 9.99. The molecule has 1 unspecified atom stereocenters. The number of carbonyl (C=O) groups is 1. The van der Waals surface area contributed by atoms with Crippen LogP contribution in [0.2, 0.25) is 0 Å². The third-order valence-corrected chi connectivity index (χ3v) is 5.20. The number of nitrogens with zero attached hydrogens (tertiary/aromatic N) is 2. The van der Waals surface area contributed by atoms with Crippen molar-refractivity contribution in [3.05, 3.63) is 0 Å². The Morgan fingerprint density at radius 3 is 2.50 bits per heavy atom. The fraction of sp³-hybridized carbons (Fsp3) is 0.895. The summed E-state index contributed by atoms with van der Waals surface area (Å²) in [5, 5.41) is 6.75. The van der Waals surface area contributed by atoms with Crippen LogP contribution in [0.3, 0.4) is 0 Å². The highest BCUT2D eigenvalue weighted by Crippen LogP contribution is 2.28. The van der Waals surface area contributed by atoms with Gasteiger partial charge in [0.15, 0.2) is 5.96 Å². The summed E-state index contributed by atoms with van der Waals surface area (Å²) in [5.74, 6) is 1.66. The normalized spacial score (nSPS) is 21.2. The second-order valence-corrected chi connectivity index (χ2v) is 7.54. The Hall–Kier alpha value is -0.570. The van der Waals surface area contributed by atoms with Gasteiger partial charge in [0.2, 0.25) is 5.91 Å². The van der Waals surface area contributed by atoms with Crippen molar-refractivity contribution in [1.82, 2.24) is 15.5 Å². The van der Waals surface area contributed by atoms with Gasteiger partial charge in [-0.05, 0) is 38.0 Å². The topological polar surface area (TPSA) is 66.0 Å². The summed E-state index contributed by atoms with van der Waals surface area (Å²) in [6.45, 7) is 2.69. The third-order valence-electron chi connectivity index (χ3n) is 5.20. The van der Waals surface area contributed by atoms with Crippen molar-refractivity contribution in [2.75, 3.05) is 40.3 Å². The minimum Gasteiger partial charge on any atom is -0.376 e. The number of ether oxygens (including phenoxy) is 1. The van der Waals surface area contributed by atoms with E-state index in [1.54, 1.807) is 19.0 Å². The van der Waals surface area contributed by atoms with Crippen LogP contribution in [-0.2, 0) is 9.53 Å². The molecule has 2 N–H and O–H groups in total. The molecular weight excluding hydrogens is 443 g/mol. The van der Waals surface area contributed by atoms with E-state index in [0.717, 1.165) is 50.8 Å². The van der Waals surface area contributed by atoms with E-state index in [-0.39, 0.29) is 42.5 Å². The third kappa shape index (κ3) is 9.39. The Bertz CT molecular complexity index is 420. The summed E-state index contributed by atoms with van der Waals surface area (Å²) in [6.07, 6.45) is 11.8. The van der Waals surface area contributed by atoms with Crippen LogP contribution in [0.15, 0.2) is 4.99 Å². The van der Waals surface area contributed by atoms with E-state index in [1.165, 1.54) is 38.5 Å². The van der Waals surface area contributed by atoms with Crippen molar-refractivity contribution in [2.24, 2.45) is 10.9 Å². The Balaban J connectivity index is 0.00000338. The maximum absolute atomic E-state index is 11.8. The molecule has 2 aliphatic rings. The van der Waals surface area contributed by atoms with Crippen LogP contribution in [0.1, 0.15) is 57.8 Å². The number of likely N-dealkylation sites (N-methyl/N-ethyl adjacent to an activating group) is 1. The highest BCUT2D eigenvalue weighted by atomic mass is 127. The standard InChI is InChI=1S/C19H36N4O2.HI/c1-23(2)18(24)15-22-19(21-14-17-11-5-6-13-25-17)20-12-7-10-16-8-3-4-9-16;/h16-17H,3-15H2,1-2H3,(H2,20,21,22);1H. The summed E-state index contributed by atoms with van der Waals surface area (Å²) in [7, 11) is 3.52. The maximum Gasteiger partial charge on any atom is 0.243 e. The van der Waals surface area contributed by atoms with Gasteiger partial charge >= 0.3 is 0 Å². The highest BCUT2D eigenvalue weighted by Gasteiger charge is 2.16. The SMILES string of the molecule is CN(C)C(=O)CN=C(NCCCC1CCCC1)NCC1CCCCO1.I. The van der Waals surface area contributed by atoms with Gasteiger partial charge in [0.05, 0.1) is 6.10 Å². The zero-order valence-corrected chi connectivity index (χ0v) is 18.8. The zero-order valence-electron chi connectivity index (χ0n) is 16.5. The van der Waals surface area contributed by atoms with Gasteiger partial charge in [-0.1, -0.05) is 25.7 Å². The average Bonchev–Trinajstić information content (AvgIpc) is 3.14. The largest absolute Gasteiger partial charge is 0.376 e. The predicted octanol–water partition coefficient (Wildman–Crippen LogP) is 2.77. The van der Waals surface area contributed by atoms with Crippen molar-refractivity contribution >= 4 is 35.8 Å². The first-order valence-corrected chi connectivity index (χ1v) is 9.99. The number of nitrogens with one attached hydrogen (secondary N) is 2. The smallest absolute Gasteiger partial charge is 0.243 e. The minimum atomic E-state index is 0. The van der Waals surface area contributed by atoms with Crippen molar-refractivity contribution in [3.63, 3.8) is 0 Å². The molecule has 1 aliphatic heterocycles. The van der Waals surface area contributed by atoms with Gasteiger partial charge in [-0.2, -0.15) is 0 Å². The molecule has 152 valence electrons. The summed E-state index contributed by atoms with van der Waals surface area (Å²) >= 11 is 0. The van der Waals surface area contributed by atoms with Gasteiger partial charge in [-0.3, -0.25) is 4.79 Å². The summed E-state index contributed by atoms with van der Waals surface area (Å²) in [4.78, 5) is 17.8. The quantitative estimate of drug-likeness (QED) is 0.243. The first-order chi connectivity index (χ1) is 12.1. The van der Waals surface area contributed by atoms with E-state index in [1.807, 2.05) is 0 Å². The number of rotatable bonds is 8.